The van der Waals surface area contributed by atoms with E-state index in [-0.39, 0.29) is 44.5 Å². The van der Waals surface area contributed by atoms with Crippen molar-refractivity contribution in [2.75, 3.05) is 7.11 Å². The Morgan fingerprint density at radius 1 is 1.04 bits per heavy atom. The van der Waals surface area contributed by atoms with Crippen molar-refractivity contribution in [3.63, 3.8) is 0 Å². The van der Waals surface area contributed by atoms with Crippen LogP contribution in [0.4, 0.5) is 18.0 Å². The molecule has 1 amide bonds. The van der Waals surface area contributed by atoms with Gasteiger partial charge in [-0.05, 0) is 50.6 Å². The molecule has 4 aromatic rings. The van der Waals surface area contributed by atoms with Crippen LogP contribution in [0.15, 0.2) is 69.9 Å². The SMILES string of the molecule is CO[C@@H]1[C@@H](OC(N)=O)[C@@H](O)[C@H](Oc2ccc3c(O)c(CC(=O)c4cccc(-c5ccccc5OC(F)(F)F)c4)c(=O)oc3c2C)OC1(C)C. The number of amides is 1. The number of carbonyl (C=O) groups excluding carboxylic acids is 2. The number of fused-ring (bicyclic) bond motifs is 1. The molecule has 4 atom stereocenters. The van der Waals surface area contributed by atoms with Crippen LogP contribution in [0.5, 0.6) is 17.2 Å². The van der Waals surface area contributed by atoms with Crippen molar-refractivity contribution < 1.29 is 61.1 Å². The molecule has 0 saturated carbocycles. The third kappa shape index (κ3) is 7.33. The number of hydrogen-bond donors (Lipinski definition) is 3. The second-order valence-corrected chi connectivity index (χ2v) is 11.8. The number of hydrogen-bond acceptors (Lipinski definition) is 11. The lowest BCUT2D eigenvalue weighted by atomic mass is 9.89. The predicted molar refractivity (Wildman–Crippen MR) is 166 cm³/mol. The molecule has 1 aliphatic heterocycles. The summed E-state index contributed by atoms with van der Waals surface area (Å²) >= 11 is 0. The van der Waals surface area contributed by atoms with E-state index in [1.165, 1.54) is 68.6 Å². The average molecular weight is 688 g/mol. The number of primary amides is 1. The number of aliphatic hydroxyl groups is 1. The Labute approximate surface area is 276 Å². The van der Waals surface area contributed by atoms with Gasteiger partial charge in [0.25, 0.3) is 0 Å². The summed E-state index contributed by atoms with van der Waals surface area (Å²) in [6.07, 6.45) is -11.8. The number of nitrogens with two attached hydrogens (primary N) is 1. The van der Waals surface area contributed by atoms with Gasteiger partial charge in [0.2, 0.25) is 6.29 Å². The number of aryl methyl sites for hydroxylation is 1. The van der Waals surface area contributed by atoms with Crippen molar-refractivity contribution >= 4 is 22.8 Å². The fourth-order valence-corrected chi connectivity index (χ4v) is 5.80. The molecule has 1 aliphatic rings. The van der Waals surface area contributed by atoms with E-state index in [2.05, 4.69) is 4.74 Å². The number of rotatable bonds is 9. The smallest absolute Gasteiger partial charge is 0.507 e. The van der Waals surface area contributed by atoms with Crippen molar-refractivity contribution in [2.24, 2.45) is 5.73 Å². The molecule has 0 aliphatic carbocycles. The molecule has 5 rings (SSSR count). The minimum Gasteiger partial charge on any atom is -0.507 e. The van der Waals surface area contributed by atoms with E-state index in [1.54, 1.807) is 13.8 Å². The third-order valence-corrected chi connectivity index (χ3v) is 8.05. The van der Waals surface area contributed by atoms with Crippen LogP contribution in [0, 0.1) is 6.92 Å². The molecular formula is C34H32F3NO11. The molecule has 0 radical (unpaired) electrons. The van der Waals surface area contributed by atoms with Gasteiger partial charge in [-0.25, -0.2) is 9.59 Å². The second kappa shape index (κ2) is 13.4. The van der Waals surface area contributed by atoms with E-state index in [0.717, 1.165) is 6.07 Å². The Morgan fingerprint density at radius 2 is 1.76 bits per heavy atom. The first-order valence-electron chi connectivity index (χ1n) is 14.8. The molecule has 3 aromatic carbocycles. The molecule has 0 bridgehead atoms. The monoisotopic (exact) mass is 687 g/mol. The molecule has 1 aromatic heterocycles. The molecule has 1 saturated heterocycles. The van der Waals surface area contributed by atoms with Gasteiger partial charge < -0.3 is 44.0 Å². The van der Waals surface area contributed by atoms with Crippen LogP contribution in [-0.2, 0) is 20.6 Å². The summed E-state index contributed by atoms with van der Waals surface area (Å²) < 4.78 is 70.9. The maximum Gasteiger partial charge on any atom is 0.573 e. The number of ketones is 1. The number of carbonyl (C=O) groups is 2. The lowest BCUT2D eigenvalue weighted by Crippen LogP contribution is -2.65. The van der Waals surface area contributed by atoms with Gasteiger partial charge in [-0.2, -0.15) is 0 Å². The molecule has 4 N–H and O–H groups in total. The van der Waals surface area contributed by atoms with Gasteiger partial charge >= 0.3 is 18.1 Å². The summed E-state index contributed by atoms with van der Waals surface area (Å²) in [5, 5.41) is 22.1. The molecule has 12 nitrogen and oxygen atoms in total. The lowest BCUT2D eigenvalue weighted by Gasteiger charge is -2.47. The van der Waals surface area contributed by atoms with Crippen LogP contribution in [0.3, 0.4) is 0 Å². The Bertz CT molecular complexity index is 1960. The number of ether oxygens (including phenoxy) is 5. The van der Waals surface area contributed by atoms with Gasteiger partial charge in [0.15, 0.2) is 18.0 Å². The highest BCUT2D eigenvalue weighted by atomic mass is 19.4. The van der Waals surface area contributed by atoms with Gasteiger partial charge in [0.05, 0.1) is 16.6 Å². The Hall–Kier alpha value is -5.12. The third-order valence-electron chi connectivity index (χ3n) is 8.05. The zero-order valence-corrected chi connectivity index (χ0v) is 26.6. The van der Waals surface area contributed by atoms with Crippen LogP contribution in [0.2, 0.25) is 0 Å². The van der Waals surface area contributed by atoms with Crippen molar-refractivity contribution in [1.29, 1.82) is 0 Å². The number of aromatic hydroxyl groups is 1. The Kier molecular flexibility index (Phi) is 9.63. The first-order valence-corrected chi connectivity index (χ1v) is 14.8. The second-order valence-electron chi connectivity index (χ2n) is 11.8. The fourth-order valence-electron chi connectivity index (χ4n) is 5.80. The van der Waals surface area contributed by atoms with Gasteiger partial charge in [-0.15, -0.1) is 13.2 Å². The van der Waals surface area contributed by atoms with E-state index in [0.29, 0.717) is 0 Å². The van der Waals surface area contributed by atoms with Crippen LogP contribution in [0.1, 0.15) is 35.3 Å². The largest absolute Gasteiger partial charge is 0.573 e. The van der Waals surface area contributed by atoms with Crippen molar-refractivity contribution in [3.8, 4) is 28.4 Å². The molecular weight excluding hydrogens is 655 g/mol. The minimum absolute atomic E-state index is 0.0569. The van der Waals surface area contributed by atoms with Crippen molar-refractivity contribution in [3.05, 3.63) is 87.8 Å². The fraction of sp³-hybridized carbons (Fsp3) is 0.324. The number of benzene rings is 3. The average Bonchev–Trinajstić information content (AvgIpc) is 3.02. The van der Waals surface area contributed by atoms with Crippen molar-refractivity contribution in [2.45, 2.75) is 63.8 Å². The van der Waals surface area contributed by atoms with Crippen molar-refractivity contribution in [1.82, 2.24) is 0 Å². The Morgan fingerprint density at radius 3 is 2.43 bits per heavy atom. The first kappa shape index (κ1) is 35.2. The normalized spacial score (nSPS) is 20.5. The maximum atomic E-state index is 13.3. The molecule has 49 heavy (non-hydrogen) atoms. The van der Waals surface area contributed by atoms with Crippen LogP contribution < -0.4 is 20.8 Å². The number of aliphatic hydroxyl groups excluding tert-OH is 1. The van der Waals surface area contributed by atoms with E-state index in [1.807, 2.05) is 0 Å². The lowest BCUT2D eigenvalue weighted by molar-refractivity contribution is -0.304. The van der Waals surface area contributed by atoms with Crippen LogP contribution >= 0.6 is 0 Å². The number of methoxy groups -OCH3 is 1. The number of Topliss-reactive ketones (excluding diaryl/α,β-unsaturated/α-hetero) is 1. The molecule has 0 spiro atoms. The van der Waals surface area contributed by atoms with E-state index in [9.17, 15) is 37.8 Å². The molecule has 15 heteroatoms. The first-order chi connectivity index (χ1) is 23.0. The summed E-state index contributed by atoms with van der Waals surface area (Å²) in [6.45, 7) is 4.78. The number of halogens is 3. The molecule has 0 unspecified atom stereocenters. The zero-order chi connectivity index (χ0) is 35.8. The van der Waals surface area contributed by atoms with Crippen LogP contribution in [-0.4, -0.2) is 65.8 Å². The predicted octanol–water partition coefficient (Wildman–Crippen LogP) is 5.15. The molecule has 260 valence electrons. The van der Waals surface area contributed by atoms with Gasteiger partial charge in [-0.3, -0.25) is 4.79 Å². The summed E-state index contributed by atoms with van der Waals surface area (Å²) in [5.41, 5.74) is 3.24. The summed E-state index contributed by atoms with van der Waals surface area (Å²) in [6, 6.07) is 14.0. The highest BCUT2D eigenvalue weighted by molar-refractivity contribution is 6.00. The highest BCUT2D eigenvalue weighted by Crippen LogP contribution is 2.38. The van der Waals surface area contributed by atoms with Gasteiger partial charge in [-0.1, -0.05) is 36.4 Å². The topological polar surface area (TPSA) is 177 Å². The summed E-state index contributed by atoms with van der Waals surface area (Å²) in [5.74, 6) is -1.53. The zero-order valence-electron chi connectivity index (χ0n) is 26.6. The highest BCUT2D eigenvalue weighted by Gasteiger charge is 2.53. The quantitative estimate of drug-likeness (QED) is 0.157. The number of alkyl halides is 3. The molecule has 2 heterocycles. The van der Waals surface area contributed by atoms with E-state index >= 15 is 0 Å². The maximum absolute atomic E-state index is 13.3. The van der Waals surface area contributed by atoms with Gasteiger partial charge in [0.1, 0.15) is 28.9 Å². The van der Waals surface area contributed by atoms with Gasteiger partial charge in [0, 0.05) is 30.2 Å². The Balaban J connectivity index is 1.42. The summed E-state index contributed by atoms with van der Waals surface area (Å²) in [7, 11) is 1.35. The van der Waals surface area contributed by atoms with E-state index < -0.39 is 72.0 Å². The minimum atomic E-state index is -4.93. The summed E-state index contributed by atoms with van der Waals surface area (Å²) in [4.78, 5) is 38.0. The standard InChI is InChI=1S/C34H32F3NO11/c1-16-23(45-31-26(41)28(47-32(38)43)29(44-4)33(2,3)49-31)13-12-20-25(40)21(30(42)46-27(16)20)15-22(39)18-9-7-8-17(14-18)19-10-5-6-11-24(19)48-34(35,36)37/h5-14,26,28-29,31,40-41H,15H2,1-4H3,(H2,38,43)/t26-,28+,29-,31-/m1/s1. The van der Waals surface area contributed by atoms with E-state index in [4.69, 9.17) is 29.1 Å². The number of para-hydroxylation sites is 1. The van der Waals surface area contributed by atoms with Crippen LogP contribution in [0.25, 0.3) is 22.1 Å². The molecule has 1 fully saturated rings.